The van der Waals surface area contributed by atoms with E-state index in [9.17, 15) is 9.18 Å². The van der Waals surface area contributed by atoms with E-state index in [1.807, 2.05) is 6.92 Å². The van der Waals surface area contributed by atoms with E-state index in [1.165, 1.54) is 18.6 Å². The zero-order chi connectivity index (χ0) is 16.4. The zero-order valence-corrected chi connectivity index (χ0v) is 13.2. The van der Waals surface area contributed by atoms with Gasteiger partial charge in [-0.3, -0.25) is 4.79 Å². The lowest BCUT2D eigenvalue weighted by Gasteiger charge is -2.35. The molecule has 0 aliphatic carbocycles. The van der Waals surface area contributed by atoms with Gasteiger partial charge >= 0.3 is 0 Å². The van der Waals surface area contributed by atoms with Crippen molar-refractivity contribution in [2.75, 3.05) is 31.1 Å². The van der Waals surface area contributed by atoms with Gasteiger partial charge in [-0.1, -0.05) is 0 Å². The Morgan fingerprint density at radius 2 is 1.87 bits per heavy atom. The Morgan fingerprint density at radius 1 is 1.13 bits per heavy atom. The van der Waals surface area contributed by atoms with Crippen LogP contribution in [0.4, 0.5) is 10.2 Å². The van der Waals surface area contributed by atoms with Crippen LogP contribution < -0.4 is 4.90 Å². The molecule has 1 fully saturated rings. The molecular weight excluding hydrogens is 297 g/mol. The van der Waals surface area contributed by atoms with Gasteiger partial charge in [-0.25, -0.2) is 19.3 Å². The normalized spacial score (nSPS) is 14.9. The number of carbonyl (C=O) groups excluding carboxylic acids is 1. The molecule has 2 aromatic rings. The minimum absolute atomic E-state index is 0.109. The van der Waals surface area contributed by atoms with Crippen LogP contribution in [0.25, 0.3) is 0 Å². The summed E-state index contributed by atoms with van der Waals surface area (Å²) in [5, 5.41) is 0. The number of amides is 1. The molecule has 0 N–H and O–H groups in total. The summed E-state index contributed by atoms with van der Waals surface area (Å²) in [5.74, 6) is -0.0441. The average molecular weight is 315 g/mol. The zero-order valence-electron chi connectivity index (χ0n) is 13.2. The molecule has 1 aliphatic heterocycles. The number of pyridine rings is 1. The number of halogens is 1. The van der Waals surface area contributed by atoms with Crippen molar-refractivity contribution in [3.63, 3.8) is 0 Å². The first-order chi connectivity index (χ1) is 11.1. The van der Waals surface area contributed by atoms with Gasteiger partial charge in [0, 0.05) is 44.1 Å². The van der Waals surface area contributed by atoms with Crippen LogP contribution in [0.15, 0.2) is 24.8 Å². The first-order valence-electron chi connectivity index (χ1n) is 7.49. The summed E-state index contributed by atoms with van der Waals surface area (Å²) >= 11 is 0. The number of rotatable bonds is 2. The number of aryl methyl sites for hydroxylation is 2. The molecule has 1 aliphatic rings. The third kappa shape index (κ3) is 3.13. The van der Waals surface area contributed by atoms with Crippen molar-refractivity contribution in [3.05, 3.63) is 47.4 Å². The van der Waals surface area contributed by atoms with Crippen LogP contribution in [-0.4, -0.2) is 51.9 Å². The lowest BCUT2D eigenvalue weighted by atomic mass is 10.2. The van der Waals surface area contributed by atoms with Crippen LogP contribution in [-0.2, 0) is 0 Å². The minimum Gasteiger partial charge on any atom is -0.353 e. The van der Waals surface area contributed by atoms with E-state index in [4.69, 9.17) is 0 Å². The van der Waals surface area contributed by atoms with Crippen molar-refractivity contribution < 1.29 is 9.18 Å². The van der Waals surface area contributed by atoms with Gasteiger partial charge in [0.1, 0.15) is 12.1 Å². The van der Waals surface area contributed by atoms with Crippen molar-refractivity contribution in [2.24, 2.45) is 0 Å². The first-order valence-corrected chi connectivity index (χ1v) is 7.49. The molecule has 0 radical (unpaired) electrons. The summed E-state index contributed by atoms with van der Waals surface area (Å²) < 4.78 is 13.9. The highest BCUT2D eigenvalue weighted by atomic mass is 19.1. The summed E-state index contributed by atoms with van der Waals surface area (Å²) in [6, 6.07) is 1.33. The SMILES string of the molecule is Cc1cnc(C(=O)N2CCN(c3ncncc3C)CC2)c(F)c1. The van der Waals surface area contributed by atoms with Crippen LogP contribution in [0.2, 0.25) is 0 Å². The van der Waals surface area contributed by atoms with E-state index in [1.54, 1.807) is 18.0 Å². The van der Waals surface area contributed by atoms with Gasteiger partial charge in [0.2, 0.25) is 0 Å². The molecule has 1 saturated heterocycles. The minimum atomic E-state index is -0.566. The fraction of sp³-hybridized carbons (Fsp3) is 0.375. The molecule has 3 rings (SSSR count). The van der Waals surface area contributed by atoms with Crippen LogP contribution in [0.5, 0.6) is 0 Å². The second-order valence-corrected chi connectivity index (χ2v) is 5.65. The van der Waals surface area contributed by atoms with Crippen LogP contribution in [0, 0.1) is 19.7 Å². The summed E-state index contributed by atoms with van der Waals surface area (Å²) in [6.45, 7) is 6.02. The second-order valence-electron chi connectivity index (χ2n) is 5.65. The topological polar surface area (TPSA) is 62.2 Å². The van der Waals surface area contributed by atoms with Gasteiger partial charge in [0.05, 0.1) is 0 Å². The number of hydrogen-bond donors (Lipinski definition) is 0. The molecule has 120 valence electrons. The Bertz CT molecular complexity index is 728. The Morgan fingerprint density at radius 3 is 2.52 bits per heavy atom. The van der Waals surface area contributed by atoms with E-state index in [2.05, 4.69) is 19.9 Å². The maximum atomic E-state index is 13.9. The Labute approximate surface area is 134 Å². The summed E-state index contributed by atoms with van der Waals surface area (Å²) in [4.78, 5) is 28.4. The number of carbonyl (C=O) groups is 1. The predicted molar refractivity (Wildman–Crippen MR) is 83.8 cm³/mol. The van der Waals surface area contributed by atoms with E-state index < -0.39 is 5.82 Å². The van der Waals surface area contributed by atoms with Gasteiger partial charge in [0.25, 0.3) is 5.91 Å². The maximum Gasteiger partial charge on any atom is 0.275 e. The molecule has 2 aromatic heterocycles. The fourth-order valence-corrected chi connectivity index (χ4v) is 2.69. The predicted octanol–water partition coefficient (Wildman–Crippen LogP) is 1.59. The van der Waals surface area contributed by atoms with Gasteiger partial charge in [-0.15, -0.1) is 0 Å². The second kappa shape index (κ2) is 6.28. The summed E-state index contributed by atoms with van der Waals surface area (Å²) in [6.07, 6.45) is 4.80. The van der Waals surface area contributed by atoms with Gasteiger partial charge < -0.3 is 9.80 Å². The molecule has 23 heavy (non-hydrogen) atoms. The molecule has 0 unspecified atom stereocenters. The highest BCUT2D eigenvalue weighted by molar-refractivity contribution is 5.92. The van der Waals surface area contributed by atoms with E-state index in [-0.39, 0.29) is 11.6 Å². The van der Waals surface area contributed by atoms with Crippen molar-refractivity contribution in [1.29, 1.82) is 0 Å². The lowest BCUT2D eigenvalue weighted by molar-refractivity contribution is 0.0735. The molecule has 0 aromatic carbocycles. The number of piperazine rings is 1. The third-order valence-corrected chi connectivity index (χ3v) is 3.91. The highest BCUT2D eigenvalue weighted by Gasteiger charge is 2.26. The first kappa shape index (κ1) is 15.3. The number of aromatic nitrogens is 3. The number of anilines is 1. The van der Waals surface area contributed by atoms with E-state index in [0.717, 1.165) is 11.4 Å². The van der Waals surface area contributed by atoms with Crippen molar-refractivity contribution in [1.82, 2.24) is 19.9 Å². The van der Waals surface area contributed by atoms with Gasteiger partial charge in [0.15, 0.2) is 11.5 Å². The Kier molecular flexibility index (Phi) is 4.18. The Balaban J connectivity index is 1.69. The standard InChI is InChI=1S/C16H18FN5O/c1-11-7-13(17)14(19-8-11)16(23)22-5-3-21(4-6-22)15-12(2)9-18-10-20-15/h7-10H,3-6H2,1-2H3. The van der Waals surface area contributed by atoms with E-state index >= 15 is 0 Å². The highest BCUT2D eigenvalue weighted by Crippen LogP contribution is 2.18. The molecule has 6 nitrogen and oxygen atoms in total. The van der Waals surface area contributed by atoms with Crippen molar-refractivity contribution >= 4 is 11.7 Å². The molecule has 3 heterocycles. The number of nitrogens with zero attached hydrogens (tertiary/aromatic N) is 5. The quantitative estimate of drug-likeness (QED) is 0.842. The number of hydrogen-bond acceptors (Lipinski definition) is 5. The summed E-state index contributed by atoms with van der Waals surface area (Å²) in [5.41, 5.74) is 1.59. The van der Waals surface area contributed by atoms with Crippen LogP contribution in [0.1, 0.15) is 21.6 Å². The monoisotopic (exact) mass is 315 g/mol. The summed E-state index contributed by atoms with van der Waals surface area (Å²) in [7, 11) is 0. The smallest absolute Gasteiger partial charge is 0.275 e. The molecular formula is C16H18FN5O. The van der Waals surface area contributed by atoms with Crippen LogP contribution in [0.3, 0.4) is 0 Å². The van der Waals surface area contributed by atoms with Crippen molar-refractivity contribution in [3.8, 4) is 0 Å². The lowest BCUT2D eigenvalue weighted by Crippen LogP contribution is -2.49. The Hall–Kier alpha value is -2.57. The molecule has 7 heteroatoms. The molecule has 1 amide bonds. The molecule has 0 bridgehead atoms. The fourth-order valence-electron chi connectivity index (χ4n) is 2.69. The maximum absolute atomic E-state index is 13.9. The molecule has 0 saturated carbocycles. The van der Waals surface area contributed by atoms with E-state index in [0.29, 0.717) is 31.7 Å². The van der Waals surface area contributed by atoms with Gasteiger partial charge in [-0.05, 0) is 25.5 Å². The van der Waals surface area contributed by atoms with Crippen molar-refractivity contribution in [2.45, 2.75) is 13.8 Å². The van der Waals surface area contributed by atoms with Gasteiger partial charge in [-0.2, -0.15) is 0 Å². The largest absolute Gasteiger partial charge is 0.353 e. The van der Waals surface area contributed by atoms with Crippen LogP contribution >= 0.6 is 0 Å². The molecule has 0 spiro atoms. The average Bonchev–Trinajstić information content (AvgIpc) is 2.55. The third-order valence-electron chi connectivity index (χ3n) is 3.91. The molecule has 0 atom stereocenters.